The van der Waals surface area contributed by atoms with Crippen molar-refractivity contribution in [1.29, 1.82) is 0 Å². The van der Waals surface area contributed by atoms with Crippen molar-refractivity contribution in [1.82, 2.24) is 0 Å². The lowest BCUT2D eigenvalue weighted by Gasteiger charge is -1.91. The molecule has 0 N–H and O–H groups in total. The van der Waals surface area contributed by atoms with Crippen molar-refractivity contribution in [2.75, 3.05) is 0 Å². The molecule has 0 aromatic heterocycles. The van der Waals surface area contributed by atoms with E-state index >= 15 is 0 Å². The van der Waals surface area contributed by atoms with Crippen LogP contribution in [0, 0.1) is 24.7 Å². The predicted octanol–water partition coefficient (Wildman–Crippen LogP) is 1.48. The first-order valence-electron chi connectivity index (χ1n) is 4.90. The molecular weight excluding hydrogens is 160 g/mol. The highest BCUT2D eigenvalue weighted by molar-refractivity contribution is 5.68. The normalized spacial score (nSPS) is 46.7. The molecule has 0 unspecified atom stereocenters. The third-order valence-electron chi connectivity index (χ3n) is 4.14. The van der Waals surface area contributed by atoms with Gasteiger partial charge in [-0.05, 0) is 30.2 Å². The van der Waals surface area contributed by atoms with E-state index in [-0.39, 0.29) is 5.43 Å². The average molecular weight is 170 g/mol. The SMILES string of the molecule is Cc1ccccc(C23C4C2C43)c1=O. The summed E-state index contributed by atoms with van der Waals surface area (Å²) in [5.41, 5.74) is 2.72. The first kappa shape index (κ1) is 6.36. The van der Waals surface area contributed by atoms with Gasteiger partial charge in [0.2, 0.25) is 0 Å². The van der Waals surface area contributed by atoms with Gasteiger partial charge in [0.15, 0.2) is 5.43 Å². The molecule has 0 atom stereocenters. The molecule has 64 valence electrons. The van der Waals surface area contributed by atoms with E-state index in [1.54, 1.807) is 0 Å². The fourth-order valence-corrected chi connectivity index (χ4v) is 2.94. The topological polar surface area (TPSA) is 17.1 Å². The maximum Gasteiger partial charge on any atom is 0.185 e. The van der Waals surface area contributed by atoms with E-state index < -0.39 is 0 Å². The molecular formula is C12H10O. The standard InChI is InChI=1S/C12H10O/c1-6-4-2-3-5-7(11(6)13)12-8-9(12)10(8)12/h2-5,8-10H,1H3. The second-order valence-electron chi connectivity index (χ2n) is 4.65. The predicted molar refractivity (Wildman–Crippen MR) is 49.6 cm³/mol. The molecule has 0 heterocycles. The third kappa shape index (κ3) is 0.490. The summed E-state index contributed by atoms with van der Waals surface area (Å²) >= 11 is 0. The second-order valence-corrected chi connectivity index (χ2v) is 4.65. The lowest BCUT2D eigenvalue weighted by atomic mass is 10.1. The Morgan fingerprint density at radius 1 is 1.15 bits per heavy atom. The van der Waals surface area contributed by atoms with Crippen LogP contribution in [0.15, 0.2) is 29.1 Å². The van der Waals surface area contributed by atoms with E-state index in [1.165, 1.54) is 0 Å². The molecule has 1 aromatic carbocycles. The molecule has 4 fully saturated rings. The molecule has 13 heavy (non-hydrogen) atoms. The van der Waals surface area contributed by atoms with Crippen molar-refractivity contribution in [2.24, 2.45) is 17.8 Å². The Bertz CT molecular complexity index is 461. The van der Waals surface area contributed by atoms with Crippen LogP contribution >= 0.6 is 0 Å². The number of hydrogen-bond donors (Lipinski definition) is 0. The summed E-state index contributed by atoms with van der Waals surface area (Å²) in [6.07, 6.45) is 0. The molecule has 0 bridgehead atoms. The largest absolute Gasteiger partial charge is 0.289 e. The summed E-state index contributed by atoms with van der Waals surface area (Å²) in [7, 11) is 0. The van der Waals surface area contributed by atoms with Crippen LogP contribution in [0.25, 0.3) is 0 Å². The quantitative estimate of drug-likeness (QED) is 0.624. The van der Waals surface area contributed by atoms with Crippen LogP contribution in [0.5, 0.6) is 0 Å². The van der Waals surface area contributed by atoms with Crippen LogP contribution in [-0.4, -0.2) is 0 Å². The highest BCUT2D eigenvalue weighted by Gasteiger charge is 3.09. The lowest BCUT2D eigenvalue weighted by Crippen LogP contribution is -2.10. The van der Waals surface area contributed by atoms with E-state index in [1.807, 2.05) is 31.2 Å². The maximum absolute atomic E-state index is 11.9. The molecule has 4 aliphatic carbocycles. The summed E-state index contributed by atoms with van der Waals surface area (Å²) in [6.45, 7) is 1.91. The Balaban J connectivity index is 2.03. The van der Waals surface area contributed by atoms with Gasteiger partial charge in [0.05, 0.1) is 0 Å². The Labute approximate surface area is 76.4 Å². The van der Waals surface area contributed by atoms with Crippen molar-refractivity contribution in [3.05, 3.63) is 45.6 Å². The van der Waals surface area contributed by atoms with Crippen molar-refractivity contribution < 1.29 is 0 Å². The monoisotopic (exact) mass is 170 g/mol. The van der Waals surface area contributed by atoms with Gasteiger partial charge in [-0.2, -0.15) is 0 Å². The van der Waals surface area contributed by atoms with Crippen molar-refractivity contribution in [3.8, 4) is 0 Å². The van der Waals surface area contributed by atoms with E-state index in [0.29, 0.717) is 5.41 Å². The fraction of sp³-hybridized carbons (Fsp3) is 0.417. The maximum atomic E-state index is 11.9. The van der Waals surface area contributed by atoms with Crippen LogP contribution in [0.1, 0.15) is 11.1 Å². The minimum absolute atomic E-state index is 0.289. The first-order chi connectivity index (χ1) is 6.29. The molecule has 0 spiro atoms. The molecule has 0 aliphatic heterocycles. The highest BCUT2D eigenvalue weighted by atomic mass is 16.1. The summed E-state index contributed by atoms with van der Waals surface area (Å²) < 4.78 is 0. The minimum Gasteiger partial charge on any atom is -0.289 e. The minimum atomic E-state index is 0.289. The van der Waals surface area contributed by atoms with Crippen LogP contribution in [0.3, 0.4) is 0 Å². The summed E-state index contributed by atoms with van der Waals surface area (Å²) in [5.74, 6) is 2.80. The van der Waals surface area contributed by atoms with Gasteiger partial charge in [0, 0.05) is 11.0 Å². The summed E-state index contributed by atoms with van der Waals surface area (Å²) in [5, 5.41) is 0. The van der Waals surface area contributed by atoms with Crippen molar-refractivity contribution in [3.63, 3.8) is 0 Å². The van der Waals surface area contributed by atoms with Gasteiger partial charge < -0.3 is 0 Å². The third-order valence-corrected chi connectivity index (χ3v) is 4.14. The Morgan fingerprint density at radius 3 is 2.38 bits per heavy atom. The molecule has 0 amide bonds. The van der Waals surface area contributed by atoms with E-state index in [2.05, 4.69) is 0 Å². The molecule has 4 saturated carbocycles. The molecule has 1 aromatic rings. The Kier molecular flexibility index (Phi) is 0.721. The Hall–Kier alpha value is -1.11. The van der Waals surface area contributed by atoms with Crippen molar-refractivity contribution >= 4 is 0 Å². The van der Waals surface area contributed by atoms with Gasteiger partial charge in [-0.25, -0.2) is 0 Å². The van der Waals surface area contributed by atoms with Gasteiger partial charge in [-0.3, -0.25) is 4.79 Å². The zero-order valence-corrected chi connectivity index (χ0v) is 7.45. The zero-order valence-electron chi connectivity index (χ0n) is 7.45. The number of hydrogen-bond acceptors (Lipinski definition) is 1. The van der Waals surface area contributed by atoms with Crippen molar-refractivity contribution in [2.45, 2.75) is 12.3 Å². The summed E-state index contributed by atoms with van der Waals surface area (Å²) in [4.78, 5) is 11.9. The molecule has 0 radical (unpaired) electrons. The fourth-order valence-electron chi connectivity index (χ4n) is 2.94. The van der Waals surface area contributed by atoms with Crippen LogP contribution < -0.4 is 5.43 Å². The summed E-state index contributed by atoms with van der Waals surface area (Å²) in [6, 6.07) is 7.92. The zero-order chi connectivity index (χ0) is 8.79. The molecule has 1 heteroatoms. The average Bonchev–Trinajstić information content (AvgIpc) is 2.95. The van der Waals surface area contributed by atoms with E-state index in [4.69, 9.17) is 0 Å². The molecule has 5 rings (SSSR count). The molecule has 0 saturated heterocycles. The van der Waals surface area contributed by atoms with E-state index in [9.17, 15) is 4.79 Å². The highest BCUT2D eigenvalue weighted by Crippen LogP contribution is 3.08. The first-order valence-corrected chi connectivity index (χ1v) is 4.90. The van der Waals surface area contributed by atoms with Gasteiger partial charge in [-0.1, -0.05) is 24.3 Å². The molecule has 4 aliphatic rings. The van der Waals surface area contributed by atoms with Gasteiger partial charge in [-0.15, -0.1) is 0 Å². The number of rotatable bonds is 1. The van der Waals surface area contributed by atoms with E-state index in [0.717, 1.165) is 28.9 Å². The molecule has 1 nitrogen and oxygen atoms in total. The second kappa shape index (κ2) is 1.47. The smallest absolute Gasteiger partial charge is 0.185 e. The van der Waals surface area contributed by atoms with Gasteiger partial charge >= 0.3 is 0 Å². The van der Waals surface area contributed by atoms with Gasteiger partial charge in [0.1, 0.15) is 0 Å². The lowest BCUT2D eigenvalue weighted by molar-refractivity contribution is 1.07. The number of aryl methyl sites for hydroxylation is 1. The van der Waals surface area contributed by atoms with Gasteiger partial charge in [0.25, 0.3) is 0 Å². The van der Waals surface area contributed by atoms with Crippen LogP contribution in [0.2, 0.25) is 0 Å². The van der Waals surface area contributed by atoms with Crippen LogP contribution in [0.4, 0.5) is 0 Å². The Morgan fingerprint density at radius 2 is 1.77 bits per heavy atom. The van der Waals surface area contributed by atoms with Crippen LogP contribution in [-0.2, 0) is 5.41 Å².